The molecule has 1 N–H and O–H groups in total. The lowest BCUT2D eigenvalue weighted by Gasteiger charge is -2.17. The quantitative estimate of drug-likeness (QED) is 0.693. The van der Waals surface area contributed by atoms with Crippen molar-refractivity contribution in [3.05, 3.63) is 64.4 Å². The largest absolute Gasteiger partial charge is 0.375 e. The van der Waals surface area contributed by atoms with Crippen LogP contribution in [0, 0.1) is 3.57 Å². The van der Waals surface area contributed by atoms with Crippen LogP contribution < -0.4 is 5.32 Å². The molecule has 0 bridgehead atoms. The summed E-state index contributed by atoms with van der Waals surface area (Å²) in [5.41, 5.74) is 2.15. The lowest BCUT2D eigenvalue weighted by molar-refractivity contribution is 0.828. The molecule has 0 saturated heterocycles. The van der Waals surface area contributed by atoms with Gasteiger partial charge in [-0.15, -0.1) is 0 Å². The zero-order valence-electron chi connectivity index (χ0n) is 11.4. The van der Waals surface area contributed by atoms with Gasteiger partial charge in [0.2, 0.25) is 0 Å². The normalized spacial score (nSPS) is 12.1. The highest BCUT2D eigenvalue weighted by molar-refractivity contribution is 14.1. The third-order valence-corrected chi connectivity index (χ3v) is 3.88. The zero-order valence-corrected chi connectivity index (χ0v) is 13.6. The molecule has 0 spiro atoms. The standard InChI is InChI=1S/C15H14IN5/c1-11(12-4-6-13(16)7-5-12)20-14-3-2-8-18-15(14)21-10-17-9-19-21/h2-11,20H,1H3. The Morgan fingerprint density at radius 3 is 2.71 bits per heavy atom. The molecule has 1 atom stereocenters. The van der Waals surface area contributed by atoms with E-state index in [0.29, 0.717) is 0 Å². The minimum Gasteiger partial charge on any atom is -0.375 e. The number of hydrogen-bond donors (Lipinski definition) is 1. The summed E-state index contributed by atoms with van der Waals surface area (Å²) >= 11 is 2.31. The SMILES string of the molecule is CC(Nc1cccnc1-n1cncn1)c1ccc(I)cc1. The first kappa shape index (κ1) is 14.0. The van der Waals surface area contributed by atoms with Gasteiger partial charge in [-0.3, -0.25) is 0 Å². The van der Waals surface area contributed by atoms with Crippen molar-refractivity contribution in [2.24, 2.45) is 0 Å². The van der Waals surface area contributed by atoms with Gasteiger partial charge < -0.3 is 5.32 Å². The Balaban J connectivity index is 1.86. The predicted octanol–water partition coefficient (Wildman–Crippen LogP) is 3.44. The molecule has 1 aromatic carbocycles. The van der Waals surface area contributed by atoms with Gasteiger partial charge in [-0.1, -0.05) is 12.1 Å². The molecule has 0 saturated carbocycles. The van der Waals surface area contributed by atoms with E-state index in [-0.39, 0.29) is 6.04 Å². The average molecular weight is 391 g/mol. The maximum Gasteiger partial charge on any atom is 0.178 e. The molecule has 0 aliphatic carbocycles. The molecule has 0 radical (unpaired) electrons. The van der Waals surface area contributed by atoms with Gasteiger partial charge in [0.15, 0.2) is 5.82 Å². The van der Waals surface area contributed by atoms with E-state index >= 15 is 0 Å². The summed E-state index contributed by atoms with van der Waals surface area (Å²) in [5, 5.41) is 7.62. The van der Waals surface area contributed by atoms with Crippen LogP contribution in [0.15, 0.2) is 55.2 Å². The van der Waals surface area contributed by atoms with E-state index in [1.807, 2.05) is 12.1 Å². The van der Waals surface area contributed by atoms with E-state index in [1.54, 1.807) is 17.2 Å². The number of benzene rings is 1. The minimum absolute atomic E-state index is 0.175. The second kappa shape index (κ2) is 6.21. The molecule has 2 aromatic heterocycles. The Labute approximate surface area is 136 Å². The molecular formula is C15H14IN5. The molecule has 0 amide bonds. The van der Waals surface area contributed by atoms with Gasteiger partial charge in [0.25, 0.3) is 0 Å². The molecule has 3 rings (SSSR count). The highest BCUT2D eigenvalue weighted by Crippen LogP contribution is 2.23. The molecule has 106 valence electrons. The second-order valence-corrected chi connectivity index (χ2v) is 5.88. The lowest BCUT2D eigenvalue weighted by atomic mass is 10.1. The third kappa shape index (κ3) is 3.21. The molecule has 0 aliphatic heterocycles. The molecule has 0 fully saturated rings. The summed E-state index contributed by atoms with van der Waals surface area (Å²) in [6.45, 7) is 2.13. The van der Waals surface area contributed by atoms with Crippen molar-refractivity contribution in [1.29, 1.82) is 0 Å². The van der Waals surface area contributed by atoms with E-state index in [0.717, 1.165) is 11.5 Å². The monoisotopic (exact) mass is 391 g/mol. The number of rotatable bonds is 4. The van der Waals surface area contributed by atoms with Crippen LogP contribution in [0.4, 0.5) is 5.69 Å². The number of hydrogen-bond acceptors (Lipinski definition) is 4. The van der Waals surface area contributed by atoms with Crippen molar-refractivity contribution in [2.75, 3.05) is 5.32 Å². The maximum absolute atomic E-state index is 4.38. The van der Waals surface area contributed by atoms with Crippen LogP contribution in [0.1, 0.15) is 18.5 Å². The van der Waals surface area contributed by atoms with Crippen molar-refractivity contribution >= 4 is 28.3 Å². The molecule has 2 heterocycles. The number of pyridine rings is 1. The van der Waals surface area contributed by atoms with Gasteiger partial charge in [0, 0.05) is 15.8 Å². The summed E-state index contributed by atoms with van der Waals surface area (Å²) in [5.74, 6) is 0.743. The number of halogens is 1. The van der Waals surface area contributed by atoms with E-state index in [9.17, 15) is 0 Å². The van der Waals surface area contributed by atoms with Crippen LogP contribution in [0.25, 0.3) is 5.82 Å². The van der Waals surface area contributed by atoms with Crippen molar-refractivity contribution in [1.82, 2.24) is 19.7 Å². The average Bonchev–Trinajstić information content (AvgIpc) is 3.02. The van der Waals surface area contributed by atoms with Crippen molar-refractivity contribution < 1.29 is 0 Å². The van der Waals surface area contributed by atoms with Crippen molar-refractivity contribution in [3.8, 4) is 5.82 Å². The molecule has 5 nitrogen and oxygen atoms in total. The Hall–Kier alpha value is -1.96. The Morgan fingerprint density at radius 1 is 1.19 bits per heavy atom. The highest BCUT2D eigenvalue weighted by atomic mass is 127. The Bertz CT molecular complexity index is 709. The van der Waals surface area contributed by atoms with Crippen LogP contribution in [0.3, 0.4) is 0 Å². The first-order chi connectivity index (χ1) is 10.2. The number of nitrogens with one attached hydrogen (secondary N) is 1. The van der Waals surface area contributed by atoms with Gasteiger partial charge in [0.05, 0.1) is 5.69 Å². The van der Waals surface area contributed by atoms with Crippen LogP contribution in [-0.4, -0.2) is 19.7 Å². The Morgan fingerprint density at radius 2 is 2.00 bits per heavy atom. The fraction of sp³-hybridized carbons (Fsp3) is 0.133. The molecule has 1 unspecified atom stereocenters. The summed E-state index contributed by atoms with van der Waals surface area (Å²) in [6.07, 6.45) is 4.89. The van der Waals surface area contributed by atoms with Crippen LogP contribution in [-0.2, 0) is 0 Å². The summed E-state index contributed by atoms with van der Waals surface area (Å²) in [4.78, 5) is 8.35. The summed E-state index contributed by atoms with van der Waals surface area (Å²) in [6, 6.07) is 12.5. The van der Waals surface area contributed by atoms with Gasteiger partial charge in [-0.05, 0) is 59.3 Å². The first-order valence-electron chi connectivity index (χ1n) is 6.56. The van der Waals surface area contributed by atoms with Crippen LogP contribution in [0.2, 0.25) is 0 Å². The topological polar surface area (TPSA) is 55.6 Å². The van der Waals surface area contributed by atoms with Crippen molar-refractivity contribution in [3.63, 3.8) is 0 Å². The minimum atomic E-state index is 0.175. The number of aromatic nitrogens is 4. The zero-order chi connectivity index (χ0) is 14.7. The van der Waals surface area contributed by atoms with Gasteiger partial charge in [-0.25, -0.2) is 14.6 Å². The van der Waals surface area contributed by atoms with E-state index in [4.69, 9.17) is 0 Å². The molecule has 3 aromatic rings. The summed E-state index contributed by atoms with van der Waals surface area (Å²) in [7, 11) is 0. The van der Waals surface area contributed by atoms with Gasteiger partial charge in [-0.2, -0.15) is 5.10 Å². The maximum atomic E-state index is 4.38. The molecule has 6 heteroatoms. The van der Waals surface area contributed by atoms with E-state index in [2.05, 4.69) is 74.2 Å². The smallest absolute Gasteiger partial charge is 0.178 e. The number of nitrogens with zero attached hydrogens (tertiary/aromatic N) is 4. The van der Waals surface area contributed by atoms with Crippen molar-refractivity contribution in [2.45, 2.75) is 13.0 Å². The fourth-order valence-corrected chi connectivity index (χ4v) is 2.44. The van der Waals surface area contributed by atoms with E-state index < -0.39 is 0 Å². The fourth-order valence-electron chi connectivity index (χ4n) is 2.08. The van der Waals surface area contributed by atoms with E-state index in [1.165, 1.54) is 15.5 Å². The summed E-state index contributed by atoms with van der Waals surface area (Å²) < 4.78 is 2.89. The molecule has 21 heavy (non-hydrogen) atoms. The second-order valence-electron chi connectivity index (χ2n) is 4.63. The third-order valence-electron chi connectivity index (χ3n) is 3.16. The number of anilines is 1. The Kier molecular flexibility index (Phi) is 4.14. The first-order valence-corrected chi connectivity index (χ1v) is 7.64. The lowest BCUT2D eigenvalue weighted by Crippen LogP contribution is -2.10. The predicted molar refractivity (Wildman–Crippen MR) is 90.4 cm³/mol. The van der Waals surface area contributed by atoms with Gasteiger partial charge >= 0.3 is 0 Å². The van der Waals surface area contributed by atoms with Gasteiger partial charge in [0.1, 0.15) is 12.7 Å². The highest BCUT2D eigenvalue weighted by Gasteiger charge is 2.10. The van der Waals surface area contributed by atoms with Crippen LogP contribution in [0.5, 0.6) is 0 Å². The molecular weight excluding hydrogens is 377 g/mol. The molecule has 0 aliphatic rings. The van der Waals surface area contributed by atoms with Crippen LogP contribution >= 0.6 is 22.6 Å².